The van der Waals surface area contributed by atoms with Crippen LogP contribution < -0.4 is 5.73 Å². The molecule has 1 unspecified atom stereocenters. The van der Waals surface area contributed by atoms with E-state index in [-0.39, 0.29) is 35.3 Å². The SMILES string of the molecule is Nc1cnc2nc(C(=O)N3C[C@H]4CC(c5ccccc5C(F)(F)F)C[C@H]4C3)nn2c1. The number of hydrogen-bond acceptors (Lipinski definition) is 5. The maximum atomic E-state index is 13.4. The zero-order chi connectivity index (χ0) is 21.0. The third-order valence-corrected chi connectivity index (χ3v) is 6.15. The summed E-state index contributed by atoms with van der Waals surface area (Å²) in [5.74, 6) is 0.246. The molecule has 0 radical (unpaired) electrons. The molecular formula is C20H19F3N6O. The van der Waals surface area contributed by atoms with Gasteiger partial charge in [0, 0.05) is 13.1 Å². The maximum Gasteiger partial charge on any atom is 0.416 e. The Labute approximate surface area is 169 Å². The minimum Gasteiger partial charge on any atom is -0.396 e. The van der Waals surface area contributed by atoms with Crippen molar-refractivity contribution in [2.75, 3.05) is 18.8 Å². The zero-order valence-electron chi connectivity index (χ0n) is 15.9. The van der Waals surface area contributed by atoms with E-state index in [1.807, 2.05) is 0 Å². The van der Waals surface area contributed by atoms with Crippen molar-refractivity contribution in [3.05, 3.63) is 53.6 Å². The Morgan fingerprint density at radius 3 is 2.53 bits per heavy atom. The van der Waals surface area contributed by atoms with Crippen molar-refractivity contribution in [2.45, 2.75) is 24.9 Å². The lowest BCUT2D eigenvalue weighted by Crippen LogP contribution is -2.30. The molecule has 1 aliphatic heterocycles. The van der Waals surface area contributed by atoms with Gasteiger partial charge in [0.05, 0.1) is 23.6 Å². The second-order valence-electron chi connectivity index (χ2n) is 8.05. The lowest BCUT2D eigenvalue weighted by molar-refractivity contribution is -0.138. The number of rotatable bonds is 2. The fourth-order valence-corrected chi connectivity index (χ4v) is 4.86. The molecule has 3 heterocycles. The van der Waals surface area contributed by atoms with E-state index in [0.29, 0.717) is 37.2 Å². The van der Waals surface area contributed by atoms with Crippen molar-refractivity contribution >= 4 is 17.4 Å². The van der Waals surface area contributed by atoms with E-state index in [2.05, 4.69) is 15.1 Å². The summed E-state index contributed by atoms with van der Waals surface area (Å²) >= 11 is 0. The van der Waals surface area contributed by atoms with Gasteiger partial charge in [-0.05, 0) is 42.2 Å². The fourth-order valence-electron chi connectivity index (χ4n) is 4.86. The molecule has 0 spiro atoms. The summed E-state index contributed by atoms with van der Waals surface area (Å²) in [5, 5.41) is 4.16. The van der Waals surface area contributed by atoms with Crippen LogP contribution in [0.1, 0.15) is 40.5 Å². The number of carbonyl (C=O) groups is 1. The third kappa shape index (κ3) is 3.16. The molecule has 3 aromatic rings. The third-order valence-electron chi connectivity index (χ3n) is 6.15. The first-order chi connectivity index (χ1) is 14.3. The normalized spacial score (nSPS) is 23.8. The number of alkyl halides is 3. The first-order valence-corrected chi connectivity index (χ1v) is 9.73. The molecular weight excluding hydrogens is 397 g/mol. The smallest absolute Gasteiger partial charge is 0.396 e. The van der Waals surface area contributed by atoms with Gasteiger partial charge < -0.3 is 10.6 Å². The van der Waals surface area contributed by atoms with Crippen LogP contribution in [0.25, 0.3) is 5.78 Å². The van der Waals surface area contributed by atoms with Crippen LogP contribution in [-0.2, 0) is 6.18 Å². The summed E-state index contributed by atoms with van der Waals surface area (Å²) in [6, 6.07) is 5.81. The molecule has 156 valence electrons. The summed E-state index contributed by atoms with van der Waals surface area (Å²) in [6.07, 6.45) is -0.107. The van der Waals surface area contributed by atoms with Crippen LogP contribution in [0, 0.1) is 11.8 Å². The monoisotopic (exact) mass is 416 g/mol. The number of benzene rings is 1. The summed E-state index contributed by atoms with van der Waals surface area (Å²) < 4.78 is 41.5. The van der Waals surface area contributed by atoms with E-state index >= 15 is 0 Å². The van der Waals surface area contributed by atoms with Crippen LogP contribution in [-0.4, -0.2) is 43.5 Å². The van der Waals surface area contributed by atoms with Gasteiger partial charge in [0.25, 0.3) is 11.7 Å². The Morgan fingerprint density at radius 2 is 1.83 bits per heavy atom. The number of nitrogens with two attached hydrogens (primary N) is 1. The number of aromatic nitrogens is 4. The number of anilines is 1. The van der Waals surface area contributed by atoms with Crippen molar-refractivity contribution in [3.8, 4) is 0 Å². The lowest BCUT2D eigenvalue weighted by Gasteiger charge is -2.21. The molecule has 1 amide bonds. The Morgan fingerprint density at radius 1 is 1.13 bits per heavy atom. The highest BCUT2D eigenvalue weighted by Crippen LogP contribution is 2.48. The highest BCUT2D eigenvalue weighted by Gasteiger charge is 2.45. The van der Waals surface area contributed by atoms with Crippen molar-refractivity contribution < 1.29 is 18.0 Å². The molecule has 0 bridgehead atoms. The first kappa shape index (κ1) is 18.8. The molecule has 2 aromatic heterocycles. The van der Waals surface area contributed by atoms with Gasteiger partial charge in [-0.25, -0.2) is 9.50 Å². The fraction of sp³-hybridized carbons (Fsp3) is 0.400. The van der Waals surface area contributed by atoms with E-state index < -0.39 is 11.7 Å². The van der Waals surface area contributed by atoms with Gasteiger partial charge in [0.2, 0.25) is 5.82 Å². The summed E-state index contributed by atoms with van der Waals surface area (Å²) in [7, 11) is 0. The molecule has 2 fully saturated rings. The second-order valence-corrected chi connectivity index (χ2v) is 8.05. The molecule has 1 aliphatic carbocycles. The lowest BCUT2D eigenvalue weighted by atomic mass is 9.91. The Bertz CT molecular complexity index is 1110. The Balaban J connectivity index is 1.31. The van der Waals surface area contributed by atoms with E-state index in [9.17, 15) is 18.0 Å². The topological polar surface area (TPSA) is 89.4 Å². The predicted octanol–water partition coefficient (Wildman–Crippen LogP) is 2.99. The minimum absolute atomic E-state index is 0.0482. The highest BCUT2D eigenvalue weighted by atomic mass is 19.4. The van der Waals surface area contributed by atoms with Crippen LogP contribution in [0.5, 0.6) is 0 Å². The van der Waals surface area contributed by atoms with Gasteiger partial charge >= 0.3 is 6.18 Å². The van der Waals surface area contributed by atoms with Crippen molar-refractivity contribution in [1.29, 1.82) is 0 Å². The van der Waals surface area contributed by atoms with Crippen LogP contribution >= 0.6 is 0 Å². The number of nitrogens with zero attached hydrogens (tertiary/aromatic N) is 5. The molecule has 2 aliphatic rings. The van der Waals surface area contributed by atoms with Gasteiger partial charge in [-0.3, -0.25) is 4.79 Å². The largest absolute Gasteiger partial charge is 0.416 e. The highest BCUT2D eigenvalue weighted by molar-refractivity contribution is 5.91. The number of likely N-dealkylation sites (tertiary alicyclic amines) is 1. The first-order valence-electron chi connectivity index (χ1n) is 9.73. The number of carbonyl (C=O) groups excluding carboxylic acids is 1. The maximum absolute atomic E-state index is 13.4. The minimum atomic E-state index is -4.36. The molecule has 3 atom stereocenters. The van der Waals surface area contributed by atoms with E-state index in [1.54, 1.807) is 17.0 Å². The number of amides is 1. The number of fused-ring (bicyclic) bond motifs is 2. The standard InChI is InChI=1S/C20H19F3N6O/c21-20(22,23)16-4-2-1-3-15(16)11-5-12-8-28(9-13(12)6-11)18(30)17-26-19-25-7-14(24)10-29(19)27-17/h1-4,7,10-13H,5-6,8-9,24H2/t11?,12-,13+. The average Bonchev–Trinajstić information content (AvgIpc) is 3.39. The van der Waals surface area contributed by atoms with Gasteiger partial charge in [-0.15, -0.1) is 5.10 Å². The number of halogens is 3. The summed E-state index contributed by atoms with van der Waals surface area (Å²) in [4.78, 5) is 22.7. The molecule has 7 nitrogen and oxygen atoms in total. The molecule has 10 heteroatoms. The van der Waals surface area contributed by atoms with E-state index in [4.69, 9.17) is 5.73 Å². The van der Waals surface area contributed by atoms with Crippen LogP contribution in [0.4, 0.5) is 18.9 Å². The zero-order valence-corrected chi connectivity index (χ0v) is 15.9. The quantitative estimate of drug-likeness (QED) is 0.694. The van der Waals surface area contributed by atoms with Gasteiger partial charge in [0.15, 0.2) is 0 Å². The van der Waals surface area contributed by atoms with Crippen LogP contribution in [0.3, 0.4) is 0 Å². The van der Waals surface area contributed by atoms with Gasteiger partial charge in [-0.2, -0.15) is 18.2 Å². The molecule has 1 saturated heterocycles. The van der Waals surface area contributed by atoms with Crippen molar-refractivity contribution in [1.82, 2.24) is 24.5 Å². The van der Waals surface area contributed by atoms with E-state index in [1.165, 1.54) is 23.0 Å². The summed E-state index contributed by atoms with van der Waals surface area (Å²) in [5.41, 5.74) is 5.90. The van der Waals surface area contributed by atoms with Gasteiger partial charge in [-0.1, -0.05) is 18.2 Å². The van der Waals surface area contributed by atoms with Crippen molar-refractivity contribution in [3.63, 3.8) is 0 Å². The Kier molecular flexibility index (Phi) is 4.19. The second kappa shape index (κ2) is 6.68. The Hall–Kier alpha value is -3.17. The molecule has 5 rings (SSSR count). The number of nitrogen functional groups attached to an aromatic ring is 1. The molecule has 30 heavy (non-hydrogen) atoms. The van der Waals surface area contributed by atoms with Crippen LogP contribution in [0.15, 0.2) is 36.7 Å². The number of hydrogen-bond donors (Lipinski definition) is 1. The molecule has 1 saturated carbocycles. The summed E-state index contributed by atoms with van der Waals surface area (Å²) in [6.45, 7) is 0.999. The average molecular weight is 416 g/mol. The van der Waals surface area contributed by atoms with Gasteiger partial charge in [0.1, 0.15) is 0 Å². The predicted molar refractivity (Wildman–Crippen MR) is 101 cm³/mol. The van der Waals surface area contributed by atoms with E-state index in [0.717, 1.165) is 6.07 Å². The van der Waals surface area contributed by atoms with Crippen molar-refractivity contribution in [2.24, 2.45) is 11.8 Å². The molecule has 1 aromatic carbocycles. The molecule has 2 N–H and O–H groups in total. The van der Waals surface area contributed by atoms with Crippen LogP contribution in [0.2, 0.25) is 0 Å².